The van der Waals surface area contributed by atoms with Gasteiger partial charge in [0.15, 0.2) is 0 Å². The first-order valence-corrected chi connectivity index (χ1v) is 6.12. The van der Waals surface area contributed by atoms with Gasteiger partial charge >= 0.3 is 0 Å². The number of nitrogens with two attached hydrogens (primary N) is 1. The second kappa shape index (κ2) is 5.92. The zero-order chi connectivity index (χ0) is 12.9. The Balaban J connectivity index is 2.64. The number of rotatable bonds is 5. The number of nitrogen functional groups attached to an aromatic ring is 1. The van der Waals surface area contributed by atoms with Crippen LogP contribution >= 0.6 is 0 Å². The molecule has 1 rings (SSSR count). The lowest BCUT2D eigenvalue weighted by atomic mass is 9.87. The monoisotopic (exact) mass is 236 g/mol. The lowest BCUT2D eigenvalue weighted by molar-refractivity contribution is 0.311. The summed E-state index contributed by atoms with van der Waals surface area (Å²) in [5.41, 5.74) is 8.07. The van der Waals surface area contributed by atoms with E-state index in [4.69, 9.17) is 10.5 Å². The van der Waals surface area contributed by atoms with Gasteiger partial charge in [0, 0.05) is 0 Å². The first-order valence-electron chi connectivity index (χ1n) is 6.12. The van der Waals surface area contributed by atoms with Crippen molar-refractivity contribution in [1.82, 2.24) is 5.32 Å². The second-order valence-electron chi connectivity index (χ2n) is 5.31. The van der Waals surface area contributed by atoms with Gasteiger partial charge in [0.25, 0.3) is 0 Å². The molecule has 3 heteroatoms. The first-order chi connectivity index (χ1) is 7.95. The Hall–Kier alpha value is -1.22. The van der Waals surface area contributed by atoms with Crippen molar-refractivity contribution in [2.24, 2.45) is 0 Å². The van der Waals surface area contributed by atoms with Crippen molar-refractivity contribution in [2.45, 2.75) is 32.6 Å². The SMILES string of the molecule is CNCCCOc1ccc(C(C)(C)C)cc1N. The van der Waals surface area contributed by atoms with Crippen molar-refractivity contribution in [2.75, 3.05) is 25.9 Å². The van der Waals surface area contributed by atoms with E-state index in [9.17, 15) is 0 Å². The zero-order valence-electron chi connectivity index (χ0n) is 11.3. The minimum absolute atomic E-state index is 0.124. The van der Waals surface area contributed by atoms with Crippen LogP contribution in [0.3, 0.4) is 0 Å². The fraction of sp³-hybridized carbons (Fsp3) is 0.571. The topological polar surface area (TPSA) is 47.3 Å². The van der Waals surface area contributed by atoms with Crippen LogP contribution in [0.4, 0.5) is 5.69 Å². The van der Waals surface area contributed by atoms with E-state index >= 15 is 0 Å². The number of anilines is 1. The highest BCUT2D eigenvalue weighted by molar-refractivity contribution is 5.55. The summed E-state index contributed by atoms with van der Waals surface area (Å²) in [6.45, 7) is 8.18. The lowest BCUT2D eigenvalue weighted by Gasteiger charge is -2.20. The third-order valence-corrected chi connectivity index (χ3v) is 2.70. The maximum atomic E-state index is 5.99. The van der Waals surface area contributed by atoms with Gasteiger partial charge in [-0.1, -0.05) is 26.8 Å². The predicted molar refractivity (Wildman–Crippen MR) is 73.6 cm³/mol. The highest BCUT2D eigenvalue weighted by Gasteiger charge is 2.14. The minimum Gasteiger partial charge on any atom is -0.491 e. The fourth-order valence-corrected chi connectivity index (χ4v) is 1.58. The molecule has 1 aromatic rings. The fourth-order valence-electron chi connectivity index (χ4n) is 1.58. The molecule has 17 heavy (non-hydrogen) atoms. The van der Waals surface area contributed by atoms with Gasteiger partial charge in [0.2, 0.25) is 0 Å². The van der Waals surface area contributed by atoms with E-state index in [1.165, 1.54) is 5.56 Å². The van der Waals surface area contributed by atoms with Gasteiger partial charge in [0.05, 0.1) is 12.3 Å². The van der Waals surface area contributed by atoms with Gasteiger partial charge in [-0.2, -0.15) is 0 Å². The molecule has 0 unspecified atom stereocenters. The molecule has 0 radical (unpaired) electrons. The highest BCUT2D eigenvalue weighted by atomic mass is 16.5. The Labute approximate surface area is 104 Å². The van der Waals surface area contributed by atoms with Crippen LogP contribution in [-0.4, -0.2) is 20.2 Å². The normalized spacial score (nSPS) is 11.5. The summed E-state index contributed by atoms with van der Waals surface area (Å²) < 4.78 is 5.64. The number of hydrogen-bond donors (Lipinski definition) is 2. The number of ether oxygens (including phenoxy) is 1. The Morgan fingerprint density at radius 1 is 1.29 bits per heavy atom. The molecule has 0 atom stereocenters. The molecular weight excluding hydrogens is 212 g/mol. The molecule has 0 aliphatic carbocycles. The summed E-state index contributed by atoms with van der Waals surface area (Å²) >= 11 is 0. The summed E-state index contributed by atoms with van der Waals surface area (Å²) in [4.78, 5) is 0. The zero-order valence-corrected chi connectivity index (χ0v) is 11.3. The van der Waals surface area contributed by atoms with Crippen LogP contribution in [0, 0.1) is 0 Å². The van der Waals surface area contributed by atoms with Gasteiger partial charge < -0.3 is 15.8 Å². The summed E-state index contributed by atoms with van der Waals surface area (Å²) in [5.74, 6) is 0.786. The van der Waals surface area contributed by atoms with Gasteiger partial charge in [0.1, 0.15) is 5.75 Å². The molecule has 0 bridgehead atoms. The molecule has 0 amide bonds. The average Bonchev–Trinajstić information content (AvgIpc) is 2.24. The number of hydrogen-bond acceptors (Lipinski definition) is 3. The average molecular weight is 236 g/mol. The van der Waals surface area contributed by atoms with Crippen LogP contribution in [0.15, 0.2) is 18.2 Å². The Morgan fingerprint density at radius 3 is 2.53 bits per heavy atom. The molecular formula is C14H24N2O. The van der Waals surface area contributed by atoms with Crippen LogP contribution < -0.4 is 15.8 Å². The molecule has 0 aliphatic heterocycles. The highest BCUT2D eigenvalue weighted by Crippen LogP contribution is 2.29. The van der Waals surface area contributed by atoms with Crippen LogP contribution in [0.1, 0.15) is 32.8 Å². The van der Waals surface area contributed by atoms with Crippen molar-refractivity contribution in [1.29, 1.82) is 0 Å². The van der Waals surface area contributed by atoms with Crippen molar-refractivity contribution in [3.8, 4) is 5.75 Å². The van der Waals surface area contributed by atoms with Gasteiger partial charge in [-0.05, 0) is 43.1 Å². The van der Waals surface area contributed by atoms with Crippen molar-refractivity contribution < 1.29 is 4.74 Å². The summed E-state index contributed by atoms with van der Waals surface area (Å²) in [5, 5.41) is 3.09. The summed E-state index contributed by atoms with van der Waals surface area (Å²) in [6, 6.07) is 6.06. The lowest BCUT2D eigenvalue weighted by Crippen LogP contribution is -2.13. The number of nitrogens with one attached hydrogen (secondary N) is 1. The van der Waals surface area contributed by atoms with Crippen molar-refractivity contribution in [3.63, 3.8) is 0 Å². The molecule has 0 spiro atoms. The molecule has 0 fully saturated rings. The van der Waals surface area contributed by atoms with E-state index in [0.717, 1.165) is 24.4 Å². The third kappa shape index (κ3) is 4.27. The van der Waals surface area contributed by atoms with Crippen LogP contribution in [-0.2, 0) is 5.41 Å². The molecule has 96 valence electrons. The summed E-state index contributed by atoms with van der Waals surface area (Å²) in [6.07, 6.45) is 0.983. The Kier molecular flexibility index (Phi) is 4.82. The van der Waals surface area contributed by atoms with Crippen LogP contribution in [0.5, 0.6) is 5.75 Å². The first kappa shape index (κ1) is 13.8. The summed E-state index contributed by atoms with van der Waals surface area (Å²) in [7, 11) is 1.94. The van der Waals surface area contributed by atoms with Gasteiger partial charge in [-0.3, -0.25) is 0 Å². The van der Waals surface area contributed by atoms with E-state index < -0.39 is 0 Å². The van der Waals surface area contributed by atoms with Crippen LogP contribution in [0.2, 0.25) is 0 Å². The van der Waals surface area contributed by atoms with E-state index in [-0.39, 0.29) is 5.41 Å². The van der Waals surface area contributed by atoms with E-state index in [1.54, 1.807) is 0 Å². The third-order valence-electron chi connectivity index (χ3n) is 2.70. The number of benzene rings is 1. The Morgan fingerprint density at radius 2 is 2.00 bits per heavy atom. The molecule has 0 heterocycles. The smallest absolute Gasteiger partial charge is 0.142 e. The molecule has 0 aromatic heterocycles. The van der Waals surface area contributed by atoms with Gasteiger partial charge in [-0.25, -0.2) is 0 Å². The van der Waals surface area contributed by atoms with E-state index in [0.29, 0.717) is 6.61 Å². The second-order valence-corrected chi connectivity index (χ2v) is 5.31. The van der Waals surface area contributed by atoms with E-state index in [2.05, 4.69) is 32.2 Å². The van der Waals surface area contributed by atoms with Crippen molar-refractivity contribution in [3.05, 3.63) is 23.8 Å². The molecule has 0 saturated heterocycles. The predicted octanol–water partition coefficient (Wildman–Crippen LogP) is 2.55. The molecule has 3 N–H and O–H groups in total. The standard InChI is InChI=1S/C14H24N2O/c1-14(2,3)11-6-7-13(12(15)10-11)17-9-5-8-16-4/h6-7,10,16H,5,8-9,15H2,1-4H3. The van der Waals surface area contributed by atoms with Crippen molar-refractivity contribution >= 4 is 5.69 Å². The van der Waals surface area contributed by atoms with E-state index in [1.807, 2.05) is 19.2 Å². The molecule has 0 aliphatic rings. The largest absolute Gasteiger partial charge is 0.491 e. The quantitative estimate of drug-likeness (QED) is 0.610. The Bertz CT molecular complexity index is 356. The maximum absolute atomic E-state index is 5.99. The minimum atomic E-state index is 0.124. The van der Waals surface area contributed by atoms with Gasteiger partial charge in [-0.15, -0.1) is 0 Å². The molecule has 0 saturated carbocycles. The molecule has 1 aromatic carbocycles. The van der Waals surface area contributed by atoms with Crippen LogP contribution in [0.25, 0.3) is 0 Å². The molecule has 3 nitrogen and oxygen atoms in total. The maximum Gasteiger partial charge on any atom is 0.142 e.